The molecule has 1 aromatic carbocycles. The molecule has 0 spiro atoms. The number of fused-ring (bicyclic) bond motifs is 1. The van der Waals surface area contributed by atoms with Crippen molar-refractivity contribution >= 4 is 5.65 Å². The molecule has 0 amide bonds. The van der Waals surface area contributed by atoms with E-state index in [1.807, 2.05) is 37.4 Å². The lowest BCUT2D eigenvalue weighted by Crippen LogP contribution is -2.16. The minimum absolute atomic E-state index is 0.279. The summed E-state index contributed by atoms with van der Waals surface area (Å²) in [7, 11) is 1.84. The van der Waals surface area contributed by atoms with Crippen LogP contribution in [0, 0.1) is 6.92 Å². The van der Waals surface area contributed by atoms with E-state index >= 15 is 0 Å². The second kappa shape index (κ2) is 6.70. The van der Waals surface area contributed by atoms with Crippen LogP contribution < -0.4 is 4.74 Å². The lowest BCUT2D eigenvalue weighted by atomic mass is 9.79. The lowest BCUT2D eigenvalue weighted by molar-refractivity contribution is 0.267. The molecule has 1 aliphatic carbocycles. The lowest BCUT2D eigenvalue weighted by Gasteiger charge is -2.28. The number of benzene rings is 1. The van der Waals surface area contributed by atoms with Crippen LogP contribution in [-0.4, -0.2) is 34.6 Å². The van der Waals surface area contributed by atoms with Crippen molar-refractivity contribution in [3.8, 4) is 17.3 Å². The molecular weight excluding hydrogens is 354 g/mol. The molecular formula is C20H21N7O. The fourth-order valence-corrected chi connectivity index (χ4v) is 3.67. The number of hydrogen-bond donors (Lipinski definition) is 0. The highest BCUT2D eigenvalue weighted by Gasteiger charge is 2.29. The minimum atomic E-state index is 0.279. The van der Waals surface area contributed by atoms with E-state index in [9.17, 15) is 0 Å². The van der Waals surface area contributed by atoms with Crippen LogP contribution in [0.25, 0.3) is 17.0 Å². The molecule has 3 aromatic heterocycles. The summed E-state index contributed by atoms with van der Waals surface area (Å²) in [6, 6.07) is 9.96. The molecule has 0 radical (unpaired) electrons. The maximum atomic E-state index is 6.12. The predicted molar refractivity (Wildman–Crippen MR) is 103 cm³/mol. The summed E-state index contributed by atoms with van der Waals surface area (Å²) in [4.78, 5) is 4.25. The van der Waals surface area contributed by atoms with E-state index in [1.165, 1.54) is 6.42 Å². The summed E-state index contributed by atoms with van der Waals surface area (Å²) >= 11 is 0. The maximum absolute atomic E-state index is 6.12. The SMILES string of the molecule is Cc1c(C2CCC2)c(OCc2ncn(C)n2)nn2c(-c3ccccc3)nnc12. The number of rotatable bonds is 5. The number of ether oxygens (including phenoxy) is 1. The van der Waals surface area contributed by atoms with Crippen LogP contribution in [0.3, 0.4) is 0 Å². The third kappa shape index (κ3) is 2.81. The van der Waals surface area contributed by atoms with Gasteiger partial charge in [-0.2, -0.15) is 9.61 Å². The van der Waals surface area contributed by atoms with Crippen LogP contribution in [-0.2, 0) is 13.7 Å². The number of hydrogen-bond acceptors (Lipinski definition) is 6. The van der Waals surface area contributed by atoms with E-state index in [-0.39, 0.29) is 6.61 Å². The Hall–Kier alpha value is -3.29. The second-order valence-electron chi connectivity index (χ2n) is 7.22. The normalized spacial score (nSPS) is 14.4. The van der Waals surface area contributed by atoms with Crippen molar-refractivity contribution in [2.24, 2.45) is 7.05 Å². The van der Waals surface area contributed by atoms with Gasteiger partial charge in [-0.15, -0.1) is 15.3 Å². The van der Waals surface area contributed by atoms with Gasteiger partial charge in [0.15, 0.2) is 23.9 Å². The van der Waals surface area contributed by atoms with Crippen LogP contribution in [0.1, 0.15) is 42.1 Å². The Morgan fingerprint density at radius 2 is 1.93 bits per heavy atom. The summed E-state index contributed by atoms with van der Waals surface area (Å²) in [6.07, 6.45) is 5.20. The van der Waals surface area contributed by atoms with E-state index in [0.717, 1.165) is 35.2 Å². The molecule has 0 atom stereocenters. The van der Waals surface area contributed by atoms with Crippen LogP contribution in [0.5, 0.6) is 5.88 Å². The molecule has 1 aliphatic rings. The zero-order chi connectivity index (χ0) is 19.1. The highest BCUT2D eigenvalue weighted by molar-refractivity contribution is 5.62. The van der Waals surface area contributed by atoms with E-state index in [4.69, 9.17) is 9.84 Å². The van der Waals surface area contributed by atoms with Crippen molar-refractivity contribution in [3.05, 3.63) is 53.6 Å². The molecule has 0 N–H and O–H groups in total. The Bertz CT molecular complexity index is 1130. The van der Waals surface area contributed by atoms with Gasteiger partial charge >= 0.3 is 0 Å². The number of aromatic nitrogens is 7. The molecule has 0 aliphatic heterocycles. The maximum Gasteiger partial charge on any atom is 0.236 e. The van der Waals surface area contributed by atoms with Crippen molar-refractivity contribution in [3.63, 3.8) is 0 Å². The molecule has 142 valence electrons. The predicted octanol–water partition coefficient (Wildman–Crippen LogP) is 3.07. The van der Waals surface area contributed by atoms with Gasteiger partial charge in [0.25, 0.3) is 0 Å². The van der Waals surface area contributed by atoms with E-state index in [0.29, 0.717) is 23.4 Å². The first-order chi connectivity index (χ1) is 13.7. The highest BCUT2D eigenvalue weighted by atomic mass is 16.5. The topological polar surface area (TPSA) is 83.0 Å². The smallest absolute Gasteiger partial charge is 0.236 e. The van der Waals surface area contributed by atoms with Crippen molar-refractivity contribution < 1.29 is 4.74 Å². The standard InChI is InChI=1S/C20H21N7O/c1-13-17(14-9-6-10-14)20(28-11-16-21-12-26(2)24-16)25-27-18(13)22-23-19(27)15-7-4-3-5-8-15/h3-5,7-8,12,14H,6,9-11H2,1-2H3. The van der Waals surface area contributed by atoms with E-state index in [1.54, 1.807) is 15.5 Å². The Balaban J connectivity index is 1.61. The van der Waals surface area contributed by atoms with Gasteiger partial charge in [0.2, 0.25) is 5.88 Å². The fourth-order valence-electron chi connectivity index (χ4n) is 3.67. The zero-order valence-corrected chi connectivity index (χ0v) is 15.9. The van der Waals surface area contributed by atoms with Crippen molar-refractivity contribution in [1.82, 2.24) is 34.6 Å². The third-order valence-electron chi connectivity index (χ3n) is 5.33. The molecule has 1 fully saturated rings. The average Bonchev–Trinajstić information content (AvgIpc) is 3.28. The number of nitrogens with zero attached hydrogens (tertiary/aromatic N) is 7. The minimum Gasteiger partial charge on any atom is -0.468 e. The molecule has 28 heavy (non-hydrogen) atoms. The molecule has 0 saturated heterocycles. The Morgan fingerprint density at radius 1 is 1.11 bits per heavy atom. The van der Waals surface area contributed by atoms with Gasteiger partial charge in [-0.25, -0.2) is 4.98 Å². The van der Waals surface area contributed by atoms with Gasteiger partial charge in [0, 0.05) is 23.7 Å². The van der Waals surface area contributed by atoms with Gasteiger partial charge in [0.1, 0.15) is 6.33 Å². The molecule has 5 rings (SSSR count). The first-order valence-corrected chi connectivity index (χ1v) is 9.49. The summed E-state index contributed by atoms with van der Waals surface area (Å²) in [5, 5.41) is 17.9. The summed E-state index contributed by atoms with van der Waals surface area (Å²) in [6.45, 7) is 2.36. The molecule has 1 saturated carbocycles. The molecule has 0 unspecified atom stereocenters. The largest absolute Gasteiger partial charge is 0.468 e. The monoisotopic (exact) mass is 375 g/mol. The van der Waals surface area contributed by atoms with Crippen LogP contribution >= 0.6 is 0 Å². The second-order valence-corrected chi connectivity index (χ2v) is 7.22. The van der Waals surface area contributed by atoms with Gasteiger partial charge < -0.3 is 4.74 Å². The molecule has 0 bridgehead atoms. The Kier molecular flexibility index (Phi) is 4.03. The molecule has 4 aromatic rings. The Morgan fingerprint density at radius 3 is 2.61 bits per heavy atom. The molecule has 8 heteroatoms. The quantitative estimate of drug-likeness (QED) is 0.533. The number of aryl methyl sites for hydroxylation is 2. The first-order valence-electron chi connectivity index (χ1n) is 9.49. The highest BCUT2D eigenvalue weighted by Crippen LogP contribution is 2.42. The summed E-state index contributed by atoms with van der Waals surface area (Å²) < 4.78 is 9.57. The Labute approximate surface area is 162 Å². The fraction of sp³-hybridized carbons (Fsp3) is 0.350. The summed E-state index contributed by atoms with van der Waals surface area (Å²) in [5.41, 5.74) is 3.97. The van der Waals surface area contributed by atoms with Crippen molar-refractivity contribution in [2.75, 3.05) is 0 Å². The molecule has 8 nitrogen and oxygen atoms in total. The van der Waals surface area contributed by atoms with E-state index < -0.39 is 0 Å². The summed E-state index contributed by atoms with van der Waals surface area (Å²) in [5.74, 6) is 2.42. The van der Waals surface area contributed by atoms with E-state index in [2.05, 4.69) is 27.2 Å². The van der Waals surface area contributed by atoms with Gasteiger partial charge in [-0.1, -0.05) is 36.8 Å². The van der Waals surface area contributed by atoms with Crippen molar-refractivity contribution in [2.45, 2.75) is 38.7 Å². The third-order valence-corrected chi connectivity index (χ3v) is 5.33. The van der Waals surface area contributed by atoms with Gasteiger partial charge in [-0.05, 0) is 25.7 Å². The molecule has 3 heterocycles. The van der Waals surface area contributed by atoms with Crippen molar-refractivity contribution in [1.29, 1.82) is 0 Å². The van der Waals surface area contributed by atoms with Gasteiger partial charge in [0.05, 0.1) is 0 Å². The van der Waals surface area contributed by atoms with Gasteiger partial charge in [-0.3, -0.25) is 4.68 Å². The van der Waals surface area contributed by atoms with Crippen LogP contribution in [0.15, 0.2) is 36.7 Å². The van der Waals surface area contributed by atoms with Crippen LogP contribution in [0.2, 0.25) is 0 Å². The first kappa shape index (κ1) is 16.9. The zero-order valence-electron chi connectivity index (χ0n) is 15.9. The average molecular weight is 375 g/mol. The van der Waals surface area contributed by atoms with Crippen LogP contribution in [0.4, 0.5) is 0 Å².